The number of benzene rings is 2. The summed E-state index contributed by atoms with van der Waals surface area (Å²) in [6.45, 7) is 1.93. The third-order valence-corrected chi connectivity index (χ3v) is 9.39. The molecule has 0 aliphatic heterocycles. The molecule has 1 amide bonds. The molecule has 0 radical (unpaired) electrons. The van der Waals surface area contributed by atoms with E-state index in [0.717, 1.165) is 23.2 Å². The number of sulfonamides is 1. The summed E-state index contributed by atoms with van der Waals surface area (Å²) in [7, 11) is -3.75. The normalized spacial score (nSPS) is 12.4. The number of aromatic nitrogens is 1. The van der Waals surface area contributed by atoms with Gasteiger partial charge in [-0.1, -0.05) is 42.5 Å². The monoisotopic (exact) mass is 513 g/mol. The first-order chi connectivity index (χ1) is 16.4. The van der Waals surface area contributed by atoms with E-state index in [9.17, 15) is 18.0 Å². The van der Waals surface area contributed by atoms with E-state index in [-0.39, 0.29) is 27.6 Å². The lowest BCUT2D eigenvalue weighted by Gasteiger charge is -2.11. The second kappa shape index (κ2) is 10.5. The number of carbonyl (C=O) groups is 2. The van der Waals surface area contributed by atoms with Crippen molar-refractivity contribution in [2.45, 2.75) is 22.1 Å². The molecule has 2 heterocycles. The molecule has 0 spiro atoms. The molecular weight excluding hydrogens is 490 g/mol. The van der Waals surface area contributed by atoms with Crippen LogP contribution in [-0.2, 0) is 20.6 Å². The Balaban J connectivity index is 1.44. The third kappa shape index (κ3) is 5.52. The smallest absolute Gasteiger partial charge is 0.271 e. The largest absolute Gasteiger partial charge is 0.349 e. The lowest BCUT2D eigenvalue weighted by Crippen LogP contribution is -2.31. The van der Waals surface area contributed by atoms with Crippen molar-refractivity contribution < 1.29 is 18.0 Å². The summed E-state index contributed by atoms with van der Waals surface area (Å²) >= 11 is 2.61. The minimum absolute atomic E-state index is 0.187. The number of carbonyl (C=O) groups excluding carboxylic acids is 2. The van der Waals surface area contributed by atoms with Crippen molar-refractivity contribution in [3.05, 3.63) is 82.9 Å². The van der Waals surface area contributed by atoms with Crippen LogP contribution in [-0.4, -0.2) is 37.4 Å². The van der Waals surface area contributed by atoms with Crippen LogP contribution in [0.2, 0.25) is 0 Å². The molecule has 0 saturated heterocycles. The van der Waals surface area contributed by atoms with Crippen LogP contribution in [0.25, 0.3) is 10.9 Å². The minimum Gasteiger partial charge on any atom is -0.349 e. The molecule has 0 bridgehead atoms. The summed E-state index contributed by atoms with van der Waals surface area (Å²) < 4.78 is 28.5. The van der Waals surface area contributed by atoms with Gasteiger partial charge in [0, 0.05) is 17.7 Å². The highest BCUT2D eigenvalue weighted by molar-refractivity contribution is 7.99. The van der Waals surface area contributed by atoms with Crippen LogP contribution in [0.5, 0.6) is 0 Å². The van der Waals surface area contributed by atoms with Gasteiger partial charge in [-0.3, -0.25) is 9.52 Å². The molecule has 0 fully saturated rings. The van der Waals surface area contributed by atoms with Crippen LogP contribution in [0.1, 0.15) is 21.6 Å². The summed E-state index contributed by atoms with van der Waals surface area (Å²) in [5.41, 5.74) is 2.93. The number of H-pyrrole nitrogens is 1. The topological polar surface area (TPSA) is 108 Å². The quantitative estimate of drug-likeness (QED) is 0.269. The second-order valence-electron chi connectivity index (χ2n) is 7.63. The Morgan fingerprint density at radius 1 is 1.15 bits per heavy atom. The van der Waals surface area contributed by atoms with E-state index in [0.29, 0.717) is 27.9 Å². The molecule has 0 aliphatic rings. The zero-order valence-corrected chi connectivity index (χ0v) is 20.7. The fourth-order valence-corrected chi connectivity index (χ4v) is 6.77. The summed E-state index contributed by atoms with van der Waals surface area (Å²) in [6, 6.07) is 18.4. The van der Waals surface area contributed by atoms with E-state index in [4.69, 9.17) is 0 Å². The van der Waals surface area contributed by atoms with E-state index in [2.05, 4.69) is 15.0 Å². The number of nitrogens with one attached hydrogen (secondary N) is 3. The zero-order chi connectivity index (χ0) is 24.1. The Morgan fingerprint density at radius 2 is 1.94 bits per heavy atom. The number of thioether (sulfide) groups is 1. The van der Waals surface area contributed by atoms with E-state index in [1.807, 2.05) is 30.3 Å². The predicted molar refractivity (Wildman–Crippen MR) is 138 cm³/mol. The molecule has 3 N–H and O–H groups in total. The van der Waals surface area contributed by atoms with Crippen LogP contribution in [0.3, 0.4) is 0 Å². The van der Waals surface area contributed by atoms with Crippen molar-refractivity contribution in [2.24, 2.45) is 0 Å². The van der Waals surface area contributed by atoms with Crippen molar-refractivity contribution in [3.63, 3.8) is 0 Å². The number of para-hydroxylation sites is 1. The van der Waals surface area contributed by atoms with Crippen LogP contribution in [0.15, 0.2) is 70.3 Å². The highest BCUT2D eigenvalue weighted by Gasteiger charge is 2.21. The molecule has 34 heavy (non-hydrogen) atoms. The van der Waals surface area contributed by atoms with Crippen molar-refractivity contribution in [3.8, 4) is 0 Å². The lowest BCUT2D eigenvalue weighted by atomic mass is 10.2. The van der Waals surface area contributed by atoms with Crippen molar-refractivity contribution in [1.82, 2.24) is 10.3 Å². The van der Waals surface area contributed by atoms with Gasteiger partial charge in [-0.15, -0.1) is 23.1 Å². The Bertz CT molecular complexity index is 1410. The van der Waals surface area contributed by atoms with E-state index in [1.165, 1.54) is 11.8 Å². The molecule has 2 aromatic heterocycles. The van der Waals surface area contributed by atoms with Gasteiger partial charge < -0.3 is 15.1 Å². The highest BCUT2D eigenvalue weighted by Crippen LogP contribution is 2.29. The maximum atomic E-state index is 12.8. The molecule has 7 nitrogen and oxygen atoms in total. The first-order valence-corrected chi connectivity index (χ1v) is 13.9. The molecule has 1 atom stereocenters. The van der Waals surface area contributed by atoms with Crippen LogP contribution >= 0.6 is 23.1 Å². The number of fused-ring (bicyclic) bond motifs is 1. The molecule has 1 unspecified atom stereocenters. The molecule has 4 aromatic rings. The number of hydrogen-bond donors (Lipinski definition) is 3. The molecular formula is C24H23N3O4S3. The average Bonchev–Trinajstić information content (AvgIpc) is 3.47. The fourth-order valence-electron chi connectivity index (χ4n) is 3.40. The van der Waals surface area contributed by atoms with E-state index >= 15 is 0 Å². The number of rotatable bonds is 10. The van der Waals surface area contributed by atoms with Crippen LogP contribution < -0.4 is 10.0 Å². The Labute approximate surface area is 206 Å². The van der Waals surface area contributed by atoms with E-state index in [1.54, 1.807) is 42.6 Å². The van der Waals surface area contributed by atoms with Gasteiger partial charge in [-0.25, -0.2) is 8.42 Å². The maximum Gasteiger partial charge on any atom is 0.271 e. The standard InChI is InChI=1S/C24H23N3O4S3/c1-16-10-11-32-24(16)34(30,31)27-20-9-5-8-18-12-21(26-22(18)20)23(29)25-13-19(14-28)33-15-17-6-3-2-4-7-17/h2-12,14,19,26-27H,13,15H2,1H3,(H,25,29). The van der Waals surface area contributed by atoms with Crippen LogP contribution in [0, 0.1) is 6.92 Å². The van der Waals surface area contributed by atoms with Gasteiger partial charge in [-0.05, 0) is 41.6 Å². The van der Waals surface area contributed by atoms with Crippen molar-refractivity contribution >= 4 is 61.9 Å². The van der Waals surface area contributed by atoms with E-state index < -0.39 is 10.0 Å². The Morgan fingerprint density at radius 3 is 2.65 bits per heavy atom. The molecule has 0 aliphatic carbocycles. The Hall–Kier alpha value is -3.08. The maximum absolute atomic E-state index is 12.8. The third-order valence-electron chi connectivity index (χ3n) is 5.13. The van der Waals surface area contributed by atoms with Crippen molar-refractivity contribution in [2.75, 3.05) is 11.3 Å². The molecule has 176 valence electrons. The number of aryl methyl sites for hydroxylation is 1. The number of aldehydes is 1. The summed E-state index contributed by atoms with van der Waals surface area (Å²) in [6.07, 6.45) is 0.832. The number of aromatic amines is 1. The molecule has 2 aromatic carbocycles. The first kappa shape index (κ1) is 24.1. The molecule has 10 heteroatoms. The zero-order valence-electron chi connectivity index (χ0n) is 18.3. The van der Waals surface area contributed by atoms with Crippen LogP contribution in [0.4, 0.5) is 5.69 Å². The summed E-state index contributed by atoms with van der Waals surface area (Å²) in [4.78, 5) is 27.2. The fraction of sp³-hybridized carbons (Fsp3) is 0.167. The SMILES string of the molecule is Cc1ccsc1S(=O)(=O)Nc1cccc2cc(C(=O)NCC(C=O)SCc3ccccc3)[nH]c12. The number of anilines is 1. The molecule has 4 rings (SSSR count). The number of thiophene rings is 1. The minimum atomic E-state index is -3.75. The second-order valence-corrected chi connectivity index (χ2v) is 11.7. The number of hydrogen-bond acceptors (Lipinski definition) is 6. The van der Waals surface area contributed by atoms with Gasteiger partial charge in [0.2, 0.25) is 0 Å². The summed E-state index contributed by atoms with van der Waals surface area (Å²) in [5, 5.41) is 4.82. The van der Waals surface area contributed by atoms with Gasteiger partial charge >= 0.3 is 0 Å². The molecule has 0 saturated carbocycles. The Kier molecular flexibility index (Phi) is 7.40. The van der Waals surface area contributed by atoms with Gasteiger partial charge in [-0.2, -0.15) is 0 Å². The van der Waals surface area contributed by atoms with Gasteiger partial charge in [0.25, 0.3) is 15.9 Å². The average molecular weight is 514 g/mol. The van der Waals surface area contributed by atoms with Gasteiger partial charge in [0.15, 0.2) is 0 Å². The number of amides is 1. The van der Waals surface area contributed by atoms with Crippen molar-refractivity contribution in [1.29, 1.82) is 0 Å². The lowest BCUT2D eigenvalue weighted by molar-refractivity contribution is -0.107. The van der Waals surface area contributed by atoms with Gasteiger partial charge in [0.05, 0.1) is 16.5 Å². The first-order valence-electron chi connectivity index (χ1n) is 10.4. The van der Waals surface area contributed by atoms with Gasteiger partial charge in [0.1, 0.15) is 16.2 Å². The highest BCUT2D eigenvalue weighted by atomic mass is 32.2. The summed E-state index contributed by atoms with van der Waals surface area (Å²) in [5.74, 6) is 0.297. The predicted octanol–water partition coefficient (Wildman–Crippen LogP) is 4.57.